The largest absolute Gasteiger partial charge is 0.497 e. The van der Waals surface area contributed by atoms with Gasteiger partial charge in [-0.1, -0.05) is 29.8 Å². The Hall–Kier alpha value is -2.83. The normalized spacial score (nSPS) is 10.7. The molecule has 0 aliphatic rings. The molecule has 152 valence electrons. The van der Waals surface area contributed by atoms with Crippen LogP contribution in [0.2, 0.25) is 5.02 Å². The zero-order chi connectivity index (χ0) is 20.6. The fourth-order valence-electron chi connectivity index (χ4n) is 3.03. The molecule has 29 heavy (non-hydrogen) atoms. The van der Waals surface area contributed by atoms with Gasteiger partial charge in [0.2, 0.25) is 0 Å². The van der Waals surface area contributed by atoms with Crippen LogP contribution in [0.25, 0.3) is 0 Å². The molecule has 0 fully saturated rings. The number of hydrogen-bond acceptors (Lipinski definition) is 4. The van der Waals surface area contributed by atoms with Crippen LogP contribution in [-0.4, -0.2) is 47.7 Å². The van der Waals surface area contributed by atoms with Crippen molar-refractivity contribution in [2.24, 2.45) is 0 Å². The van der Waals surface area contributed by atoms with E-state index in [1.54, 1.807) is 43.5 Å². The highest BCUT2D eigenvalue weighted by Gasteiger charge is 2.19. The highest BCUT2D eigenvalue weighted by Crippen LogP contribution is 2.17. The van der Waals surface area contributed by atoms with Gasteiger partial charge in [-0.05, 0) is 35.9 Å². The molecule has 7 heteroatoms. The van der Waals surface area contributed by atoms with Gasteiger partial charge in [-0.3, -0.25) is 4.79 Å². The molecule has 0 spiro atoms. The van der Waals surface area contributed by atoms with Crippen molar-refractivity contribution in [3.8, 4) is 5.75 Å². The molecule has 1 amide bonds. The lowest BCUT2D eigenvalue weighted by Crippen LogP contribution is -2.34. The van der Waals surface area contributed by atoms with Crippen molar-refractivity contribution in [3.63, 3.8) is 0 Å². The molecule has 0 unspecified atom stereocenters. The zero-order valence-electron chi connectivity index (χ0n) is 16.5. The summed E-state index contributed by atoms with van der Waals surface area (Å²) in [7, 11) is 3.20. The number of rotatable bonds is 9. The number of ether oxygens (including phenoxy) is 2. The molecule has 0 saturated carbocycles. The standard InChI is InChI=1S/C22H24ClN3O3/c1-28-12-11-26(22(27)18-6-4-8-20(14-18)29-2)16-21-24-9-10-25(21)15-17-5-3-7-19(23)13-17/h3-10,13-14H,11-12,15-16H2,1-2H3. The smallest absolute Gasteiger partial charge is 0.254 e. The van der Waals surface area contributed by atoms with Gasteiger partial charge in [-0.15, -0.1) is 0 Å². The number of carbonyl (C=O) groups is 1. The van der Waals surface area contributed by atoms with Crippen molar-refractivity contribution in [1.82, 2.24) is 14.5 Å². The van der Waals surface area contributed by atoms with Crippen LogP contribution >= 0.6 is 11.6 Å². The van der Waals surface area contributed by atoms with Gasteiger partial charge < -0.3 is 18.9 Å². The summed E-state index contributed by atoms with van der Waals surface area (Å²) in [6, 6.07) is 14.8. The van der Waals surface area contributed by atoms with E-state index >= 15 is 0 Å². The average molecular weight is 414 g/mol. The minimum atomic E-state index is -0.0988. The fourth-order valence-corrected chi connectivity index (χ4v) is 3.24. The van der Waals surface area contributed by atoms with Gasteiger partial charge in [0, 0.05) is 43.2 Å². The number of benzene rings is 2. The molecule has 3 rings (SSSR count). The first kappa shape index (κ1) is 20.9. The minimum absolute atomic E-state index is 0.0988. The summed E-state index contributed by atoms with van der Waals surface area (Å²) in [5.41, 5.74) is 1.63. The lowest BCUT2D eigenvalue weighted by atomic mass is 10.2. The summed E-state index contributed by atoms with van der Waals surface area (Å²) in [6.45, 7) is 1.88. The van der Waals surface area contributed by atoms with Gasteiger partial charge in [0.05, 0.1) is 20.3 Å². The van der Waals surface area contributed by atoms with Crippen molar-refractivity contribution >= 4 is 17.5 Å². The number of methoxy groups -OCH3 is 2. The molecule has 2 aromatic carbocycles. The minimum Gasteiger partial charge on any atom is -0.497 e. The van der Waals surface area contributed by atoms with E-state index in [4.69, 9.17) is 21.1 Å². The molecule has 0 atom stereocenters. The molecule has 0 radical (unpaired) electrons. The molecule has 0 N–H and O–H groups in total. The van der Waals surface area contributed by atoms with Crippen LogP contribution < -0.4 is 4.74 Å². The maximum atomic E-state index is 13.1. The Morgan fingerprint density at radius 1 is 1.17 bits per heavy atom. The van der Waals surface area contributed by atoms with Crippen LogP contribution in [0.4, 0.5) is 0 Å². The predicted molar refractivity (Wildman–Crippen MR) is 112 cm³/mol. The second-order valence-corrected chi connectivity index (χ2v) is 6.99. The summed E-state index contributed by atoms with van der Waals surface area (Å²) < 4.78 is 12.5. The maximum Gasteiger partial charge on any atom is 0.254 e. The highest BCUT2D eigenvalue weighted by molar-refractivity contribution is 6.30. The number of imidazole rings is 1. The second-order valence-electron chi connectivity index (χ2n) is 6.55. The van der Waals surface area contributed by atoms with E-state index in [1.165, 1.54) is 0 Å². The average Bonchev–Trinajstić information content (AvgIpc) is 3.17. The van der Waals surface area contributed by atoms with Crippen LogP contribution in [0.3, 0.4) is 0 Å². The van der Waals surface area contributed by atoms with Crippen LogP contribution in [0.15, 0.2) is 60.9 Å². The van der Waals surface area contributed by atoms with Crippen molar-refractivity contribution in [1.29, 1.82) is 0 Å². The van der Waals surface area contributed by atoms with Crippen LogP contribution in [0, 0.1) is 0 Å². The van der Waals surface area contributed by atoms with E-state index in [1.807, 2.05) is 41.1 Å². The summed E-state index contributed by atoms with van der Waals surface area (Å²) in [5.74, 6) is 1.33. The van der Waals surface area contributed by atoms with Crippen molar-refractivity contribution < 1.29 is 14.3 Å². The first-order valence-corrected chi connectivity index (χ1v) is 9.65. The second kappa shape index (κ2) is 10.1. The van der Waals surface area contributed by atoms with Crippen LogP contribution in [0.5, 0.6) is 5.75 Å². The number of amides is 1. The third-order valence-electron chi connectivity index (χ3n) is 4.55. The first-order valence-electron chi connectivity index (χ1n) is 9.27. The molecule has 6 nitrogen and oxygen atoms in total. The topological polar surface area (TPSA) is 56.6 Å². The number of carbonyl (C=O) groups excluding carboxylic acids is 1. The number of aromatic nitrogens is 2. The fraction of sp³-hybridized carbons (Fsp3) is 0.273. The van der Waals surface area contributed by atoms with E-state index in [9.17, 15) is 4.79 Å². The summed E-state index contributed by atoms with van der Waals surface area (Å²) >= 11 is 6.10. The molecule has 1 heterocycles. The molecule has 1 aromatic heterocycles. The Kier molecular flexibility index (Phi) is 7.27. The van der Waals surface area contributed by atoms with Gasteiger partial charge in [-0.2, -0.15) is 0 Å². The van der Waals surface area contributed by atoms with Crippen LogP contribution in [-0.2, 0) is 17.8 Å². The van der Waals surface area contributed by atoms with E-state index in [-0.39, 0.29) is 5.91 Å². The highest BCUT2D eigenvalue weighted by atomic mass is 35.5. The van der Waals surface area contributed by atoms with Gasteiger partial charge >= 0.3 is 0 Å². The maximum absolute atomic E-state index is 13.1. The Morgan fingerprint density at radius 2 is 2.00 bits per heavy atom. The molecule has 0 aliphatic heterocycles. The summed E-state index contributed by atoms with van der Waals surface area (Å²) in [6.07, 6.45) is 3.64. The summed E-state index contributed by atoms with van der Waals surface area (Å²) in [4.78, 5) is 19.3. The number of halogens is 1. The molecule has 0 bridgehead atoms. The SMILES string of the molecule is COCCN(Cc1nccn1Cc1cccc(Cl)c1)C(=O)c1cccc(OC)c1. The van der Waals surface area contributed by atoms with Gasteiger partial charge in [0.25, 0.3) is 5.91 Å². The monoisotopic (exact) mass is 413 g/mol. The Labute approximate surface area is 175 Å². The molecule has 3 aromatic rings. The quantitative estimate of drug-likeness (QED) is 0.534. The predicted octanol–water partition coefficient (Wildman–Crippen LogP) is 3.88. The molecule has 0 saturated heterocycles. The van der Waals surface area contributed by atoms with E-state index in [0.717, 1.165) is 11.4 Å². The lowest BCUT2D eigenvalue weighted by molar-refractivity contribution is 0.0673. The Bertz CT molecular complexity index is 958. The van der Waals surface area contributed by atoms with Crippen molar-refractivity contribution in [2.75, 3.05) is 27.4 Å². The van der Waals surface area contributed by atoms with Crippen molar-refractivity contribution in [3.05, 3.63) is 82.9 Å². The van der Waals surface area contributed by atoms with Gasteiger partial charge in [-0.25, -0.2) is 4.98 Å². The first-order chi connectivity index (χ1) is 14.1. The third-order valence-corrected chi connectivity index (χ3v) is 4.78. The number of nitrogens with zero attached hydrogens (tertiary/aromatic N) is 3. The Balaban J connectivity index is 1.80. The molecular weight excluding hydrogens is 390 g/mol. The van der Waals surface area contributed by atoms with Gasteiger partial charge in [0.1, 0.15) is 11.6 Å². The van der Waals surface area contributed by atoms with E-state index < -0.39 is 0 Å². The zero-order valence-corrected chi connectivity index (χ0v) is 17.3. The molecule has 0 aliphatic carbocycles. The van der Waals surface area contributed by atoms with Gasteiger partial charge in [0.15, 0.2) is 0 Å². The number of hydrogen-bond donors (Lipinski definition) is 0. The lowest BCUT2D eigenvalue weighted by Gasteiger charge is -2.23. The molecular formula is C22H24ClN3O3. The van der Waals surface area contributed by atoms with Crippen LogP contribution in [0.1, 0.15) is 21.7 Å². The third kappa shape index (κ3) is 5.59. The van der Waals surface area contributed by atoms with E-state index in [2.05, 4.69) is 4.98 Å². The van der Waals surface area contributed by atoms with E-state index in [0.29, 0.717) is 42.6 Å². The van der Waals surface area contributed by atoms with Crippen molar-refractivity contribution in [2.45, 2.75) is 13.1 Å². The Morgan fingerprint density at radius 3 is 2.76 bits per heavy atom. The summed E-state index contributed by atoms with van der Waals surface area (Å²) in [5, 5.41) is 0.694.